The Morgan fingerprint density at radius 3 is 2.19 bits per heavy atom. The summed E-state index contributed by atoms with van der Waals surface area (Å²) in [6.45, 7) is 1.57. The minimum atomic E-state index is -1.28. The predicted octanol–water partition coefficient (Wildman–Crippen LogP) is 1.89. The molecule has 1 aromatic rings. The maximum atomic E-state index is 12.2. The molecular weight excluding hydrogens is 208 g/mol. The normalized spacial score (nSPS) is 11.2. The van der Waals surface area contributed by atoms with Gasteiger partial charge in [0.2, 0.25) is 11.6 Å². The SMILES string of the molecule is COc1ccccc1C(=O)C(C)(OC)OC. The fourth-order valence-corrected chi connectivity index (χ4v) is 1.35. The zero-order valence-electron chi connectivity index (χ0n) is 9.94. The van der Waals surface area contributed by atoms with Gasteiger partial charge in [-0.15, -0.1) is 0 Å². The van der Waals surface area contributed by atoms with Gasteiger partial charge in [-0.05, 0) is 19.1 Å². The molecule has 0 aliphatic rings. The lowest BCUT2D eigenvalue weighted by Crippen LogP contribution is -2.39. The Morgan fingerprint density at radius 2 is 1.69 bits per heavy atom. The first-order chi connectivity index (χ1) is 7.59. The summed E-state index contributed by atoms with van der Waals surface area (Å²) >= 11 is 0. The van der Waals surface area contributed by atoms with Gasteiger partial charge in [0, 0.05) is 14.2 Å². The molecule has 0 saturated carbocycles. The summed E-state index contributed by atoms with van der Waals surface area (Å²) in [7, 11) is 4.37. The van der Waals surface area contributed by atoms with Crippen LogP contribution in [0.5, 0.6) is 5.75 Å². The molecule has 0 fully saturated rings. The van der Waals surface area contributed by atoms with E-state index in [9.17, 15) is 4.79 Å². The number of Topliss-reactive ketones (excluding diaryl/α,β-unsaturated/α-hetero) is 1. The molecule has 4 heteroatoms. The van der Waals surface area contributed by atoms with Gasteiger partial charge in [0.05, 0.1) is 12.7 Å². The van der Waals surface area contributed by atoms with Gasteiger partial charge in [0.15, 0.2) is 0 Å². The van der Waals surface area contributed by atoms with Crippen LogP contribution >= 0.6 is 0 Å². The van der Waals surface area contributed by atoms with Crippen LogP contribution in [-0.2, 0) is 9.47 Å². The van der Waals surface area contributed by atoms with Crippen LogP contribution in [0.3, 0.4) is 0 Å². The number of para-hydroxylation sites is 1. The molecule has 0 radical (unpaired) electrons. The Kier molecular flexibility index (Phi) is 4.04. The third kappa shape index (κ3) is 2.23. The van der Waals surface area contributed by atoms with Crippen molar-refractivity contribution in [3.63, 3.8) is 0 Å². The van der Waals surface area contributed by atoms with E-state index in [1.807, 2.05) is 0 Å². The van der Waals surface area contributed by atoms with Crippen LogP contribution in [0.25, 0.3) is 0 Å². The summed E-state index contributed by atoms with van der Waals surface area (Å²) in [6, 6.07) is 6.96. The molecule has 0 aliphatic heterocycles. The van der Waals surface area contributed by atoms with E-state index < -0.39 is 5.79 Å². The van der Waals surface area contributed by atoms with Crippen molar-refractivity contribution in [2.24, 2.45) is 0 Å². The number of hydrogen-bond donors (Lipinski definition) is 0. The van der Waals surface area contributed by atoms with Gasteiger partial charge in [-0.25, -0.2) is 0 Å². The van der Waals surface area contributed by atoms with Crippen LogP contribution in [-0.4, -0.2) is 32.9 Å². The molecule has 88 valence electrons. The van der Waals surface area contributed by atoms with Gasteiger partial charge < -0.3 is 14.2 Å². The second-order valence-corrected chi connectivity index (χ2v) is 3.38. The number of methoxy groups -OCH3 is 3. The van der Waals surface area contributed by atoms with Crippen molar-refractivity contribution in [3.05, 3.63) is 29.8 Å². The molecule has 16 heavy (non-hydrogen) atoms. The quantitative estimate of drug-likeness (QED) is 0.566. The second-order valence-electron chi connectivity index (χ2n) is 3.38. The number of benzene rings is 1. The highest BCUT2D eigenvalue weighted by Gasteiger charge is 2.35. The van der Waals surface area contributed by atoms with Crippen LogP contribution in [0.4, 0.5) is 0 Å². The van der Waals surface area contributed by atoms with Crippen LogP contribution in [0, 0.1) is 0 Å². The molecule has 0 N–H and O–H groups in total. The summed E-state index contributed by atoms with van der Waals surface area (Å²) < 4.78 is 15.3. The van der Waals surface area contributed by atoms with Gasteiger partial charge in [-0.1, -0.05) is 12.1 Å². The van der Waals surface area contributed by atoms with Gasteiger partial charge in [0.25, 0.3) is 0 Å². The van der Waals surface area contributed by atoms with Crippen molar-refractivity contribution in [2.45, 2.75) is 12.7 Å². The van der Waals surface area contributed by atoms with Gasteiger partial charge in [-0.3, -0.25) is 4.79 Å². The van der Waals surface area contributed by atoms with E-state index in [-0.39, 0.29) is 5.78 Å². The highest BCUT2D eigenvalue weighted by molar-refractivity contribution is 6.03. The smallest absolute Gasteiger partial charge is 0.230 e. The first-order valence-corrected chi connectivity index (χ1v) is 4.87. The summed E-state index contributed by atoms with van der Waals surface area (Å²) in [5, 5.41) is 0. The van der Waals surface area contributed by atoms with E-state index in [2.05, 4.69) is 0 Å². The Labute approximate surface area is 95.1 Å². The van der Waals surface area contributed by atoms with Crippen molar-refractivity contribution in [3.8, 4) is 5.75 Å². The number of carbonyl (C=O) groups excluding carboxylic acids is 1. The van der Waals surface area contributed by atoms with Gasteiger partial charge in [-0.2, -0.15) is 0 Å². The molecule has 0 saturated heterocycles. The average molecular weight is 224 g/mol. The molecule has 0 aliphatic carbocycles. The lowest BCUT2D eigenvalue weighted by Gasteiger charge is -2.25. The highest BCUT2D eigenvalue weighted by Crippen LogP contribution is 2.24. The Hall–Kier alpha value is -1.39. The van der Waals surface area contributed by atoms with Crippen molar-refractivity contribution < 1.29 is 19.0 Å². The monoisotopic (exact) mass is 224 g/mol. The van der Waals surface area contributed by atoms with Crippen LogP contribution in [0.1, 0.15) is 17.3 Å². The van der Waals surface area contributed by atoms with E-state index >= 15 is 0 Å². The number of ether oxygens (including phenoxy) is 3. The number of carbonyl (C=O) groups is 1. The largest absolute Gasteiger partial charge is 0.496 e. The average Bonchev–Trinajstić information content (AvgIpc) is 2.36. The summed E-state index contributed by atoms with van der Waals surface area (Å²) in [5.41, 5.74) is 0.441. The minimum Gasteiger partial charge on any atom is -0.496 e. The van der Waals surface area contributed by atoms with Crippen LogP contribution in [0.15, 0.2) is 24.3 Å². The molecule has 0 unspecified atom stereocenters. The number of ketones is 1. The zero-order chi connectivity index (χ0) is 12.2. The van der Waals surface area contributed by atoms with E-state index in [1.165, 1.54) is 21.3 Å². The zero-order valence-corrected chi connectivity index (χ0v) is 9.94. The molecule has 1 rings (SSSR count). The van der Waals surface area contributed by atoms with Crippen LogP contribution in [0.2, 0.25) is 0 Å². The van der Waals surface area contributed by atoms with E-state index in [4.69, 9.17) is 14.2 Å². The maximum Gasteiger partial charge on any atom is 0.230 e. The van der Waals surface area contributed by atoms with Crippen LogP contribution < -0.4 is 4.74 Å². The lowest BCUT2D eigenvalue weighted by atomic mass is 10.0. The molecular formula is C12H16O4. The molecule has 4 nitrogen and oxygen atoms in total. The second kappa shape index (κ2) is 5.09. The number of rotatable bonds is 5. The van der Waals surface area contributed by atoms with Crippen molar-refractivity contribution in [2.75, 3.05) is 21.3 Å². The fraction of sp³-hybridized carbons (Fsp3) is 0.417. The van der Waals surface area contributed by atoms with E-state index in [0.717, 1.165) is 0 Å². The molecule has 1 aromatic carbocycles. The summed E-state index contributed by atoms with van der Waals surface area (Å²) in [6.07, 6.45) is 0. The Morgan fingerprint density at radius 1 is 1.12 bits per heavy atom. The number of hydrogen-bond acceptors (Lipinski definition) is 4. The Bertz CT molecular complexity index is 369. The first kappa shape index (κ1) is 12.7. The first-order valence-electron chi connectivity index (χ1n) is 4.87. The maximum absolute atomic E-state index is 12.2. The molecule has 0 heterocycles. The molecule has 0 aromatic heterocycles. The predicted molar refractivity (Wildman–Crippen MR) is 59.7 cm³/mol. The summed E-state index contributed by atoms with van der Waals surface area (Å²) in [5.74, 6) is -1.04. The van der Waals surface area contributed by atoms with Crippen molar-refractivity contribution in [1.29, 1.82) is 0 Å². The van der Waals surface area contributed by atoms with Crippen molar-refractivity contribution in [1.82, 2.24) is 0 Å². The van der Waals surface area contributed by atoms with Gasteiger partial charge >= 0.3 is 0 Å². The fourth-order valence-electron chi connectivity index (χ4n) is 1.35. The molecule has 0 bridgehead atoms. The standard InChI is InChI=1S/C12H16O4/c1-12(15-3,16-4)11(13)9-7-5-6-8-10(9)14-2/h5-8H,1-4H3. The topological polar surface area (TPSA) is 44.8 Å². The lowest BCUT2D eigenvalue weighted by molar-refractivity contribution is -0.155. The molecule has 0 spiro atoms. The highest BCUT2D eigenvalue weighted by atomic mass is 16.7. The van der Waals surface area contributed by atoms with Gasteiger partial charge in [0.1, 0.15) is 5.75 Å². The van der Waals surface area contributed by atoms with Crippen molar-refractivity contribution >= 4 is 5.78 Å². The third-order valence-corrected chi connectivity index (χ3v) is 2.54. The minimum absolute atomic E-state index is 0.269. The third-order valence-electron chi connectivity index (χ3n) is 2.54. The Balaban J connectivity index is 3.13. The van der Waals surface area contributed by atoms with E-state index in [0.29, 0.717) is 11.3 Å². The van der Waals surface area contributed by atoms with E-state index in [1.54, 1.807) is 31.2 Å². The molecule has 0 amide bonds. The molecule has 0 atom stereocenters. The summed E-state index contributed by atoms with van der Waals surface area (Å²) in [4.78, 5) is 12.2.